The minimum absolute atomic E-state index is 0.0266. The number of nitrogens with one attached hydrogen (secondary N) is 1. The molecule has 0 aliphatic carbocycles. The smallest absolute Gasteiger partial charge is 0.336 e. The van der Waals surface area contributed by atoms with Gasteiger partial charge < -0.3 is 15.1 Å². The molecule has 1 aromatic carbocycles. The van der Waals surface area contributed by atoms with Gasteiger partial charge in [0.05, 0.1) is 13.1 Å². The Labute approximate surface area is 136 Å². The molecule has 2 aromatic rings. The van der Waals surface area contributed by atoms with Crippen LogP contribution in [0.15, 0.2) is 27.4 Å². The van der Waals surface area contributed by atoms with Crippen LogP contribution in [0.4, 0.5) is 0 Å². The van der Waals surface area contributed by atoms with E-state index in [0.29, 0.717) is 24.6 Å². The van der Waals surface area contributed by atoms with E-state index in [9.17, 15) is 9.59 Å². The fraction of sp³-hybridized carbons (Fsp3) is 0.444. The largest absolute Gasteiger partial charge is 0.423 e. The van der Waals surface area contributed by atoms with Gasteiger partial charge in [0.15, 0.2) is 0 Å². The lowest BCUT2D eigenvalue weighted by Gasteiger charge is -2.12. The number of fused-ring (bicyclic) bond motifs is 1. The zero-order valence-corrected chi connectivity index (χ0v) is 14.2. The summed E-state index contributed by atoms with van der Waals surface area (Å²) in [5, 5.41) is 5.84. The lowest BCUT2D eigenvalue weighted by Crippen LogP contribution is -2.84. The zero-order valence-electron chi connectivity index (χ0n) is 14.2. The normalized spacial score (nSPS) is 11.2. The summed E-state index contributed by atoms with van der Waals surface area (Å²) in [5.74, 6) is 0.393. The number of aryl methyl sites for hydroxylation is 1. The van der Waals surface area contributed by atoms with E-state index >= 15 is 0 Å². The Morgan fingerprint density at radius 1 is 1.30 bits per heavy atom. The zero-order chi connectivity index (χ0) is 17.0. The highest BCUT2D eigenvalue weighted by molar-refractivity contribution is 5.82. The van der Waals surface area contributed by atoms with Crippen molar-refractivity contribution in [1.29, 1.82) is 0 Å². The maximum atomic E-state index is 11.8. The van der Waals surface area contributed by atoms with Gasteiger partial charge in [-0.1, -0.05) is 13.8 Å². The highest BCUT2D eigenvalue weighted by Crippen LogP contribution is 2.26. The molecule has 124 valence electrons. The third-order valence-electron chi connectivity index (χ3n) is 3.93. The van der Waals surface area contributed by atoms with Crippen LogP contribution in [-0.2, 0) is 11.3 Å². The summed E-state index contributed by atoms with van der Waals surface area (Å²) in [6.45, 7) is 9.93. The lowest BCUT2D eigenvalue weighted by molar-refractivity contribution is -0.668. The summed E-state index contributed by atoms with van der Waals surface area (Å²) in [6.07, 6.45) is 0. The quantitative estimate of drug-likeness (QED) is 0.625. The molecule has 0 spiro atoms. The molecule has 0 unspecified atom stereocenters. The standard InChI is InChI=1S/C18H24N2O3/c1-11(2)15-9-16-14(10-19-5-6-20-13(4)21)8-18(22)23-17(16)7-12(15)3/h7-9,11,19H,5-6,10H2,1-4H3,(H,20,21)/p+1. The predicted octanol–water partition coefficient (Wildman–Crippen LogP) is 1.42. The molecule has 1 heterocycles. The molecule has 0 fully saturated rings. The Balaban J connectivity index is 2.25. The fourth-order valence-corrected chi connectivity index (χ4v) is 2.79. The molecule has 0 saturated heterocycles. The molecule has 0 saturated carbocycles. The number of carbonyl (C=O) groups excluding carboxylic acids is 1. The number of carbonyl (C=O) groups is 1. The summed E-state index contributed by atoms with van der Waals surface area (Å²) >= 11 is 0. The highest BCUT2D eigenvalue weighted by atomic mass is 16.4. The molecule has 5 nitrogen and oxygen atoms in total. The van der Waals surface area contributed by atoms with Crippen molar-refractivity contribution < 1.29 is 14.5 Å². The minimum atomic E-state index is -0.320. The second kappa shape index (κ2) is 7.42. The second-order valence-electron chi connectivity index (χ2n) is 6.21. The Hall–Kier alpha value is -2.14. The predicted molar refractivity (Wildman–Crippen MR) is 90.5 cm³/mol. The van der Waals surface area contributed by atoms with E-state index in [1.807, 2.05) is 13.0 Å². The molecule has 5 heteroatoms. The van der Waals surface area contributed by atoms with E-state index in [1.54, 1.807) is 6.07 Å². The topological polar surface area (TPSA) is 75.9 Å². The van der Waals surface area contributed by atoms with Crippen molar-refractivity contribution in [2.24, 2.45) is 0 Å². The van der Waals surface area contributed by atoms with Gasteiger partial charge in [-0.25, -0.2) is 4.79 Å². The molecule has 23 heavy (non-hydrogen) atoms. The van der Waals surface area contributed by atoms with E-state index in [-0.39, 0.29) is 11.5 Å². The minimum Gasteiger partial charge on any atom is -0.423 e. The van der Waals surface area contributed by atoms with E-state index in [2.05, 4.69) is 30.5 Å². The van der Waals surface area contributed by atoms with Gasteiger partial charge in [-0.05, 0) is 36.1 Å². The van der Waals surface area contributed by atoms with Crippen LogP contribution in [0.2, 0.25) is 0 Å². The Kier molecular flexibility index (Phi) is 5.55. The first-order valence-electron chi connectivity index (χ1n) is 8.02. The van der Waals surface area contributed by atoms with Gasteiger partial charge in [-0.15, -0.1) is 0 Å². The third kappa shape index (κ3) is 4.42. The van der Waals surface area contributed by atoms with Crippen LogP contribution >= 0.6 is 0 Å². The molecular formula is C18H25N2O3+. The van der Waals surface area contributed by atoms with Gasteiger partial charge in [-0.3, -0.25) is 4.79 Å². The number of hydrogen-bond acceptors (Lipinski definition) is 3. The van der Waals surface area contributed by atoms with Gasteiger partial charge in [0.25, 0.3) is 0 Å². The van der Waals surface area contributed by atoms with Gasteiger partial charge in [0, 0.05) is 23.9 Å². The van der Waals surface area contributed by atoms with E-state index in [0.717, 1.165) is 23.1 Å². The van der Waals surface area contributed by atoms with Crippen molar-refractivity contribution >= 4 is 16.9 Å². The Morgan fingerprint density at radius 2 is 2.04 bits per heavy atom. The number of rotatable bonds is 6. The first-order valence-corrected chi connectivity index (χ1v) is 8.02. The van der Waals surface area contributed by atoms with Crippen molar-refractivity contribution in [3.05, 3.63) is 45.3 Å². The van der Waals surface area contributed by atoms with Crippen LogP contribution in [0, 0.1) is 6.92 Å². The first-order chi connectivity index (χ1) is 10.9. The average Bonchev–Trinajstić information content (AvgIpc) is 2.45. The maximum absolute atomic E-state index is 11.8. The summed E-state index contributed by atoms with van der Waals surface area (Å²) in [4.78, 5) is 22.6. The Morgan fingerprint density at radius 3 is 2.70 bits per heavy atom. The van der Waals surface area contributed by atoms with Crippen LogP contribution in [0.1, 0.15) is 43.4 Å². The van der Waals surface area contributed by atoms with Crippen LogP contribution < -0.4 is 16.3 Å². The van der Waals surface area contributed by atoms with E-state index in [1.165, 1.54) is 12.5 Å². The Bertz CT molecular complexity index is 763. The molecule has 1 aromatic heterocycles. The summed E-state index contributed by atoms with van der Waals surface area (Å²) < 4.78 is 5.35. The van der Waals surface area contributed by atoms with Gasteiger partial charge >= 0.3 is 5.63 Å². The maximum Gasteiger partial charge on any atom is 0.336 e. The molecule has 2 rings (SSSR count). The van der Waals surface area contributed by atoms with Crippen molar-refractivity contribution in [2.75, 3.05) is 13.1 Å². The van der Waals surface area contributed by atoms with Crippen molar-refractivity contribution in [1.82, 2.24) is 5.32 Å². The van der Waals surface area contributed by atoms with Crippen molar-refractivity contribution in [2.45, 2.75) is 40.2 Å². The van der Waals surface area contributed by atoms with E-state index in [4.69, 9.17) is 4.42 Å². The number of amides is 1. The lowest BCUT2D eigenvalue weighted by atomic mass is 9.95. The van der Waals surface area contributed by atoms with Gasteiger partial charge in [0.2, 0.25) is 5.91 Å². The summed E-state index contributed by atoms with van der Waals surface area (Å²) in [7, 11) is 0. The molecule has 0 aliphatic heterocycles. The number of benzene rings is 1. The van der Waals surface area contributed by atoms with Crippen molar-refractivity contribution in [3.63, 3.8) is 0 Å². The number of quaternary nitrogens is 1. The van der Waals surface area contributed by atoms with Gasteiger partial charge in [-0.2, -0.15) is 0 Å². The van der Waals surface area contributed by atoms with Crippen LogP contribution in [-0.4, -0.2) is 19.0 Å². The molecular weight excluding hydrogens is 292 g/mol. The molecule has 3 N–H and O–H groups in total. The van der Waals surface area contributed by atoms with Crippen molar-refractivity contribution in [3.8, 4) is 0 Å². The summed E-state index contributed by atoms with van der Waals surface area (Å²) in [6, 6.07) is 5.65. The fourth-order valence-electron chi connectivity index (χ4n) is 2.79. The molecule has 0 aliphatic rings. The first kappa shape index (κ1) is 17.2. The van der Waals surface area contributed by atoms with Crippen LogP contribution in [0.5, 0.6) is 0 Å². The molecule has 1 amide bonds. The number of nitrogens with two attached hydrogens (primary N) is 1. The monoisotopic (exact) mass is 317 g/mol. The number of hydrogen-bond donors (Lipinski definition) is 2. The second-order valence-corrected chi connectivity index (χ2v) is 6.21. The average molecular weight is 317 g/mol. The molecule has 0 atom stereocenters. The van der Waals surface area contributed by atoms with Crippen LogP contribution in [0.3, 0.4) is 0 Å². The molecule has 0 bridgehead atoms. The van der Waals surface area contributed by atoms with Crippen LogP contribution in [0.25, 0.3) is 11.0 Å². The van der Waals surface area contributed by atoms with Gasteiger partial charge in [0.1, 0.15) is 12.1 Å². The summed E-state index contributed by atoms with van der Waals surface area (Å²) in [5.41, 5.74) is 3.71. The van der Waals surface area contributed by atoms with E-state index < -0.39 is 0 Å². The third-order valence-corrected chi connectivity index (χ3v) is 3.93. The SMILES string of the molecule is CC(=O)NCC[NH2+]Cc1cc(=O)oc2cc(C)c(C(C)C)cc12. The highest BCUT2D eigenvalue weighted by Gasteiger charge is 2.12. The molecule has 0 radical (unpaired) electrons.